The lowest BCUT2D eigenvalue weighted by molar-refractivity contribution is -0.116. The molecular weight excluding hydrogens is 280 g/mol. The Balaban J connectivity index is 1.97. The van der Waals surface area contributed by atoms with Crippen molar-refractivity contribution >= 4 is 28.3 Å². The van der Waals surface area contributed by atoms with E-state index in [1.165, 1.54) is 6.33 Å². The minimum atomic E-state index is -0.550. The van der Waals surface area contributed by atoms with Gasteiger partial charge in [0.25, 0.3) is 0 Å². The highest BCUT2D eigenvalue weighted by atomic mass is 16.2. The molecule has 3 heterocycles. The monoisotopic (exact) mass is 290 g/mol. The molecule has 0 saturated carbocycles. The molecule has 0 radical (unpaired) electrons. The van der Waals surface area contributed by atoms with Crippen molar-refractivity contribution in [3.63, 3.8) is 0 Å². The summed E-state index contributed by atoms with van der Waals surface area (Å²) in [5.74, 6) is -0.701. The van der Waals surface area contributed by atoms with E-state index < -0.39 is 5.92 Å². The molecular formula is C15H10N6O. The second-order valence-electron chi connectivity index (χ2n) is 5.07. The summed E-state index contributed by atoms with van der Waals surface area (Å²) in [6, 6.07) is 5.17. The molecule has 1 atom stereocenters. The van der Waals surface area contributed by atoms with Crippen LogP contribution in [0.15, 0.2) is 30.7 Å². The fourth-order valence-electron chi connectivity index (χ4n) is 2.80. The highest BCUT2D eigenvalue weighted by Crippen LogP contribution is 2.40. The quantitative estimate of drug-likeness (QED) is 0.695. The molecule has 0 saturated heterocycles. The maximum absolute atomic E-state index is 12.4. The Morgan fingerprint density at radius 2 is 2.23 bits per heavy atom. The third-order valence-corrected chi connectivity index (χ3v) is 3.83. The number of amides is 1. The zero-order valence-electron chi connectivity index (χ0n) is 11.6. The van der Waals surface area contributed by atoms with Crippen molar-refractivity contribution in [3.8, 4) is 0 Å². The maximum atomic E-state index is 12.4. The first-order chi connectivity index (χ1) is 10.7. The van der Waals surface area contributed by atoms with Gasteiger partial charge in [0.2, 0.25) is 5.91 Å². The van der Waals surface area contributed by atoms with E-state index in [2.05, 4.69) is 25.2 Å². The van der Waals surface area contributed by atoms with Gasteiger partial charge in [0.15, 0.2) is 11.3 Å². The van der Waals surface area contributed by atoms with Crippen LogP contribution in [0, 0.1) is 6.57 Å². The lowest BCUT2D eigenvalue weighted by atomic mass is 9.95. The predicted molar refractivity (Wildman–Crippen MR) is 79.5 cm³/mol. The summed E-state index contributed by atoms with van der Waals surface area (Å²) in [7, 11) is 1.79. The van der Waals surface area contributed by atoms with Crippen molar-refractivity contribution in [1.29, 1.82) is 0 Å². The first-order valence-electron chi connectivity index (χ1n) is 6.64. The second kappa shape index (κ2) is 4.36. The fourth-order valence-corrected chi connectivity index (χ4v) is 2.80. The van der Waals surface area contributed by atoms with Crippen LogP contribution >= 0.6 is 0 Å². The Bertz CT molecular complexity index is 968. The molecule has 2 aromatic heterocycles. The van der Waals surface area contributed by atoms with Crippen LogP contribution in [0.1, 0.15) is 17.2 Å². The number of aromatic nitrogens is 4. The Morgan fingerprint density at radius 3 is 3.05 bits per heavy atom. The highest BCUT2D eigenvalue weighted by Gasteiger charge is 2.34. The molecule has 0 bridgehead atoms. The molecule has 0 aliphatic carbocycles. The standard InChI is InChI=1S/C15H10N6O/c1-16-8-3-4-11-9(5-8)12(15(22)20-11)13-10-6-19-21(2)14(10)18-7-17-13/h3-7,12H,2H3,(H,20,22). The predicted octanol–water partition coefficient (Wildman–Crippen LogP) is 2.00. The number of hydrogen-bond acceptors (Lipinski definition) is 4. The van der Waals surface area contributed by atoms with Crippen molar-refractivity contribution in [2.24, 2.45) is 7.05 Å². The molecule has 106 valence electrons. The van der Waals surface area contributed by atoms with Gasteiger partial charge in [-0.25, -0.2) is 14.8 Å². The van der Waals surface area contributed by atoms with Gasteiger partial charge in [-0.3, -0.25) is 9.48 Å². The second-order valence-corrected chi connectivity index (χ2v) is 5.07. The van der Waals surface area contributed by atoms with E-state index in [0.717, 1.165) is 16.6 Å². The summed E-state index contributed by atoms with van der Waals surface area (Å²) >= 11 is 0. The lowest BCUT2D eigenvalue weighted by Crippen LogP contribution is -2.15. The van der Waals surface area contributed by atoms with Gasteiger partial charge in [0.1, 0.15) is 12.2 Å². The van der Waals surface area contributed by atoms with Crippen LogP contribution in [-0.2, 0) is 11.8 Å². The zero-order valence-corrected chi connectivity index (χ0v) is 11.6. The van der Waals surface area contributed by atoms with Crippen molar-refractivity contribution in [2.45, 2.75) is 5.92 Å². The van der Waals surface area contributed by atoms with Gasteiger partial charge in [-0.2, -0.15) is 5.10 Å². The highest BCUT2D eigenvalue weighted by molar-refractivity contribution is 6.06. The van der Waals surface area contributed by atoms with Crippen molar-refractivity contribution in [1.82, 2.24) is 19.7 Å². The minimum absolute atomic E-state index is 0.152. The topological polar surface area (TPSA) is 77.1 Å². The summed E-state index contributed by atoms with van der Waals surface area (Å²) in [6.07, 6.45) is 3.10. The molecule has 4 rings (SSSR count). The normalized spacial score (nSPS) is 16.4. The maximum Gasteiger partial charge on any atom is 0.238 e. The summed E-state index contributed by atoms with van der Waals surface area (Å²) < 4.78 is 1.64. The van der Waals surface area contributed by atoms with Crippen LogP contribution < -0.4 is 5.32 Å². The number of nitrogens with one attached hydrogen (secondary N) is 1. The van der Waals surface area contributed by atoms with Crippen LogP contribution in [0.2, 0.25) is 0 Å². The van der Waals surface area contributed by atoms with Gasteiger partial charge in [-0.1, -0.05) is 12.1 Å². The molecule has 1 aliphatic rings. The molecule has 1 amide bonds. The van der Waals surface area contributed by atoms with Crippen LogP contribution in [0.3, 0.4) is 0 Å². The van der Waals surface area contributed by atoms with Crippen LogP contribution in [-0.4, -0.2) is 25.7 Å². The van der Waals surface area contributed by atoms with Gasteiger partial charge >= 0.3 is 0 Å². The number of fused-ring (bicyclic) bond motifs is 2. The number of aryl methyl sites for hydroxylation is 1. The number of rotatable bonds is 1. The van der Waals surface area contributed by atoms with E-state index in [4.69, 9.17) is 6.57 Å². The van der Waals surface area contributed by atoms with Gasteiger partial charge in [0.05, 0.1) is 23.8 Å². The summed E-state index contributed by atoms with van der Waals surface area (Å²) in [4.78, 5) is 24.3. The Hall–Kier alpha value is -3.27. The average Bonchev–Trinajstić information content (AvgIpc) is 3.06. The SMILES string of the molecule is [C-]#[N+]c1ccc2c(c1)C(c1ncnc3c1cnn3C)C(=O)N2. The Morgan fingerprint density at radius 1 is 1.36 bits per heavy atom. The molecule has 3 aromatic rings. The smallest absolute Gasteiger partial charge is 0.238 e. The van der Waals surface area contributed by atoms with Gasteiger partial charge in [-0.15, -0.1) is 0 Å². The minimum Gasteiger partial charge on any atom is -0.325 e. The van der Waals surface area contributed by atoms with E-state index >= 15 is 0 Å². The first-order valence-corrected chi connectivity index (χ1v) is 6.64. The van der Waals surface area contributed by atoms with Crippen molar-refractivity contribution in [2.75, 3.05) is 5.32 Å². The number of anilines is 1. The fraction of sp³-hybridized carbons (Fsp3) is 0.133. The summed E-state index contributed by atoms with van der Waals surface area (Å²) in [6.45, 7) is 7.14. The summed E-state index contributed by atoms with van der Waals surface area (Å²) in [5.41, 5.74) is 3.27. The van der Waals surface area contributed by atoms with E-state index in [1.807, 2.05) is 0 Å². The number of carbonyl (C=O) groups excluding carboxylic acids is 1. The molecule has 7 heteroatoms. The zero-order chi connectivity index (χ0) is 15.3. The third kappa shape index (κ3) is 1.61. The van der Waals surface area contributed by atoms with Gasteiger partial charge < -0.3 is 5.32 Å². The molecule has 7 nitrogen and oxygen atoms in total. The van der Waals surface area contributed by atoms with Crippen LogP contribution in [0.25, 0.3) is 15.9 Å². The molecule has 1 unspecified atom stereocenters. The number of benzene rings is 1. The average molecular weight is 290 g/mol. The number of hydrogen-bond donors (Lipinski definition) is 1. The third-order valence-electron chi connectivity index (χ3n) is 3.83. The van der Waals surface area contributed by atoms with E-state index in [0.29, 0.717) is 17.0 Å². The van der Waals surface area contributed by atoms with Gasteiger partial charge in [0, 0.05) is 12.7 Å². The molecule has 0 spiro atoms. The summed E-state index contributed by atoms with van der Waals surface area (Å²) in [5, 5.41) is 7.76. The van der Waals surface area contributed by atoms with Crippen LogP contribution in [0.4, 0.5) is 11.4 Å². The van der Waals surface area contributed by atoms with E-state index in [1.54, 1.807) is 36.1 Å². The van der Waals surface area contributed by atoms with Crippen molar-refractivity contribution in [3.05, 3.63) is 53.4 Å². The first kappa shape index (κ1) is 12.5. The Kier molecular flexibility index (Phi) is 2.47. The van der Waals surface area contributed by atoms with E-state index in [-0.39, 0.29) is 5.91 Å². The molecule has 1 aliphatic heterocycles. The van der Waals surface area contributed by atoms with Crippen LogP contribution in [0.5, 0.6) is 0 Å². The number of carbonyl (C=O) groups is 1. The van der Waals surface area contributed by atoms with Crippen molar-refractivity contribution < 1.29 is 4.79 Å². The molecule has 22 heavy (non-hydrogen) atoms. The van der Waals surface area contributed by atoms with Gasteiger partial charge in [-0.05, 0) is 11.6 Å². The number of nitrogens with zero attached hydrogens (tertiary/aromatic N) is 5. The lowest BCUT2D eigenvalue weighted by Gasteiger charge is -2.09. The molecule has 0 fully saturated rings. The molecule has 1 aromatic carbocycles. The largest absolute Gasteiger partial charge is 0.325 e. The Labute approximate surface area is 125 Å². The van der Waals surface area contributed by atoms with E-state index in [9.17, 15) is 4.79 Å². The molecule has 1 N–H and O–H groups in total.